The van der Waals surface area contributed by atoms with Crippen LogP contribution in [0.25, 0.3) is 21.8 Å². The summed E-state index contributed by atoms with van der Waals surface area (Å²) in [6.07, 6.45) is 3.18. The largest absolute Gasteiger partial charge is 0.340 e. The number of ketones is 1. The summed E-state index contributed by atoms with van der Waals surface area (Å²) < 4.78 is 5.19. The molecule has 0 atom stereocenters. The normalized spacial score (nSPS) is 10.9. The van der Waals surface area contributed by atoms with Crippen LogP contribution >= 0.6 is 43.5 Å². The number of pyridine rings is 4. The highest BCUT2D eigenvalue weighted by molar-refractivity contribution is 9.10. The number of carbonyl (C=O) groups excluding carboxylic acids is 2. The molecule has 0 unspecified atom stereocenters. The van der Waals surface area contributed by atoms with Crippen molar-refractivity contribution in [3.05, 3.63) is 184 Å². The van der Waals surface area contributed by atoms with Gasteiger partial charge < -0.3 is 9.13 Å². The molecule has 53 heavy (non-hydrogen) atoms. The topological polar surface area (TPSA) is 116 Å². The van der Waals surface area contributed by atoms with Crippen LogP contribution in [-0.2, 0) is 17.9 Å². The molecule has 0 aliphatic rings. The van der Waals surface area contributed by atoms with Gasteiger partial charge in [-0.3, -0.25) is 24.0 Å². The summed E-state index contributed by atoms with van der Waals surface area (Å²) in [6.45, 7) is 0.859. The molecule has 0 saturated heterocycles. The van der Waals surface area contributed by atoms with E-state index in [0.717, 1.165) is 36.7 Å². The van der Waals surface area contributed by atoms with Crippen molar-refractivity contribution in [2.75, 3.05) is 14.2 Å². The van der Waals surface area contributed by atoms with Gasteiger partial charge in [-0.2, -0.15) is 0 Å². The lowest BCUT2D eigenvalue weighted by molar-refractivity contribution is -0.0758. The smallest absolute Gasteiger partial charge is 0.282 e. The minimum absolute atomic E-state index is 0.0537. The summed E-state index contributed by atoms with van der Waals surface area (Å²) in [6, 6.07) is 32.3. The van der Waals surface area contributed by atoms with Gasteiger partial charge in [-0.15, -0.1) is 0 Å². The molecule has 13 heteroatoms. The number of para-hydroxylation sites is 2. The molecule has 10 nitrogen and oxygen atoms in total. The lowest BCUT2D eigenvalue weighted by Gasteiger charge is -2.16. The van der Waals surface area contributed by atoms with Gasteiger partial charge in [0.05, 0.1) is 48.2 Å². The summed E-state index contributed by atoms with van der Waals surface area (Å²) in [7, 11) is 2.85. The van der Waals surface area contributed by atoms with Crippen LogP contribution in [0.4, 0.5) is 0 Å². The molecule has 4 aromatic heterocycles. The van der Waals surface area contributed by atoms with Crippen LogP contribution in [0.1, 0.15) is 37.7 Å². The van der Waals surface area contributed by atoms with E-state index in [4.69, 9.17) is 16.4 Å². The number of rotatable bonds is 8. The number of hydroxylamine groups is 2. The average molecular weight is 856 g/mol. The SMILES string of the molecule is CON(C)C(=O)c1cn(Cc2cccc(Br)n2)c2ccccc2c1=O.O=C(c1ccc(Cl)cc1)c1cn(Cc2cccc(Br)n2)c2ccccc2c1=O. The van der Waals surface area contributed by atoms with E-state index in [1.807, 2.05) is 69.8 Å². The van der Waals surface area contributed by atoms with E-state index < -0.39 is 5.91 Å². The molecule has 3 aromatic carbocycles. The Labute approximate surface area is 325 Å². The predicted molar refractivity (Wildman–Crippen MR) is 212 cm³/mol. The number of fused-ring (bicyclic) bond motifs is 2. The van der Waals surface area contributed by atoms with Gasteiger partial charge in [-0.1, -0.05) is 48.0 Å². The van der Waals surface area contributed by atoms with Crippen LogP contribution in [-0.4, -0.2) is 50.0 Å². The van der Waals surface area contributed by atoms with Crippen molar-refractivity contribution in [1.82, 2.24) is 24.2 Å². The van der Waals surface area contributed by atoms with Crippen LogP contribution in [0, 0.1) is 0 Å². The Hall–Kier alpha value is -5.27. The molecule has 7 aromatic rings. The van der Waals surface area contributed by atoms with Crippen LogP contribution in [0.3, 0.4) is 0 Å². The van der Waals surface area contributed by atoms with Gasteiger partial charge in [0.15, 0.2) is 5.78 Å². The van der Waals surface area contributed by atoms with Gasteiger partial charge in [0.1, 0.15) is 14.8 Å². The first kappa shape index (κ1) is 37.5. The second-order valence-corrected chi connectivity index (χ2v) is 13.8. The number of carbonyl (C=O) groups is 2. The van der Waals surface area contributed by atoms with Crippen molar-refractivity contribution in [3.8, 4) is 0 Å². The lowest BCUT2D eigenvalue weighted by Crippen LogP contribution is -2.31. The van der Waals surface area contributed by atoms with Crippen molar-refractivity contribution in [2.24, 2.45) is 0 Å². The maximum absolute atomic E-state index is 13.0. The molecule has 0 radical (unpaired) electrons. The maximum Gasteiger partial charge on any atom is 0.282 e. The molecule has 0 saturated carbocycles. The Morgan fingerprint density at radius 1 is 0.679 bits per heavy atom. The first-order valence-electron chi connectivity index (χ1n) is 16.1. The third-order valence-corrected chi connectivity index (χ3v) is 9.46. The van der Waals surface area contributed by atoms with E-state index >= 15 is 0 Å². The van der Waals surface area contributed by atoms with Gasteiger partial charge >= 0.3 is 0 Å². The molecule has 266 valence electrons. The van der Waals surface area contributed by atoms with Crippen molar-refractivity contribution in [1.29, 1.82) is 0 Å². The standard InChI is InChI=1S/C22H14BrClN2O2.C18H16BrN3O3/c23-20-7-3-4-16(25-20)12-26-13-18(21(27)14-8-10-15(24)11-9-14)22(28)17-5-1-2-6-19(17)26;1-21(25-2)18(24)14-11-22(10-12-6-5-9-16(19)20-12)15-8-4-3-7-13(15)17(14)23/h1-11,13H,12H2;3-9,11H,10H2,1-2H3. The van der Waals surface area contributed by atoms with Crippen molar-refractivity contribution < 1.29 is 14.4 Å². The van der Waals surface area contributed by atoms with Crippen LogP contribution in [0.15, 0.2) is 140 Å². The van der Waals surface area contributed by atoms with E-state index in [0.29, 0.717) is 34.4 Å². The van der Waals surface area contributed by atoms with Gasteiger partial charge in [-0.25, -0.2) is 15.0 Å². The van der Waals surface area contributed by atoms with E-state index in [-0.39, 0.29) is 27.8 Å². The number of hydrogen-bond acceptors (Lipinski definition) is 7. The Balaban J connectivity index is 0.000000183. The molecule has 1 amide bonds. The van der Waals surface area contributed by atoms with Gasteiger partial charge in [0.2, 0.25) is 10.9 Å². The molecule has 0 bridgehead atoms. The minimum atomic E-state index is -0.491. The third kappa shape index (κ3) is 8.52. The van der Waals surface area contributed by atoms with E-state index in [1.165, 1.54) is 14.2 Å². The average Bonchev–Trinajstić information content (AvgIpc) is 3.17. The molecule has 0 aliphatic heterocycles. The molecule has 0 fully saturated rings. The zero-order valence-corrected chi connectivity index (χ0v) is 32.3. The van der Waals surface area contributed by atoms with Crippen molar-refractivity contribution >= 4 is 77.0 Å². The number of halogens is 3. The summed E-state index contributed by atoms with van der Waals surface area (Å²) in [5.41, 5.74) is 3.11. The second-order valence-electron chi connectivity index (χ2n) is 11.8. The van der Waals surface area contributed by atoms with Crippen LogP contribution in [0.5, 0.6) is 0 Å². The third-order valence-electron chi connectivity index (χ3n) is 8.33. The molecular formula is C40H30Br2ClN5O5. The summed E-state index contributed by atoms with van der Waals surface area (Å²) >= 11 is 12.6. The Morgan fingerprint density at radius 3 is 1.64 bits per heavy atom. The first-order chi connectivity index (χ1) is 25.5. The van der Waals surface area contributed by atoms with E-state index in [9.17, 15) is 19.2 Å². The summed E-state index contributed by atoms with van der Waals surface area (Å²) in [4.78, 5) is 65.0. The number of amides is 1. The Kier molecular flexibility index (Phi) is 11.7. The Bertz CT molecular complexity index is 2610. The predicted octanol–water partition coefficient (Wildman–Crippen LogP) is 7.93. The molecule has 4 heterocycles. The molecule has 0 N–H and O–H groups in total. The zero-order chi connectivity index (χ0) is 37.6. The maximum atomic E-state index is 13.0. The number of benzene rings is 3. The van der Waals surface area contributed by atoms with E-state index in [2.05, 4.69) is 41.8 Å². The van der Waals surface area contributed by atoms with Crippen molar-refractivity contribution in [3.63, 3.8) is 0 Å². The number of hydrogen-bond donors (Lipinski definition) is 0. The summed E-state index contributed by atoms with van der Waals surface area (Å²) in [5, 5.41) is 2.55. The quantitative estimate of drug-likeness (QED) is 0.0867. The van der Waals surface area contributed by atoms with Crippen molar-refractivity contribution in [2.45, 2.75) is 13.1 Å². The second kappa shape index (κ2) is 16.6. The highest BCUT2D eigenvalue weighted by atomic mass is 79.9. The Morgan fingerprint density at radius 2 is 1.15 bits per heavy atom. The lowest BCUT2D eigenvalue weighted by atomic mass is 10.0. The summed E-state index contributed by atoms with van der Waals surface area (Å²) in [5.74, 6) is -0.822. The van der Waals surface area contributed by atoms with Gasteiger partial charge in [0, 0.05) is 40.8 Å². The fourth-order valence-corrected chi connectivity index (χ4v) is 6.59. The molecule has 0 aliphatic carbocycles. The van der Waals surface area contributed by atoms with Crippen LogP contribution < -0.4 is 10.9 Å². The monoisotopic (exact) mass is 853 g/mol. The highest BCUT2D eigenvalue weighted by Gasteiger charge is 2.20. The zero-order valence-electron chi connectivity index (χ0n) is 28.4. The fourth-order valence-electron chi connectivity index (χ4n) is 5.70. The van der Waals surface area contributed by atoms with Gasteiger partial charge in [0.25, 0.3) is 5.91 Å². The molecular weight excluding hydrogens is 826 g/mol. The fraction of sp³-hybridized carbons (Fsp3) is 0.100. The van der Waals surface area contributed by atoms with Gasteiger partial charge in [-0.05, 0) is 105 Å². The minimum Gasteiger partial charge on any atom is -0.340 e. The van der Waals surface area contributed by atoms with Crippen LogP contribution in [0.2, 0.25) is 5.02 Å². The first-order valence-corrected chi connectivity index (χ1v) is 18.1. The molecule has 7 rings (SSSR count). The number of aromatic nitrogens is 4. The molecule has 0 spiro atoms. The highest BCUT2D eigenvalue weighted by Crippen LogP contribution is 2.19. The number of nitrogens with zero attached hydrogens (tertiary/aromatic N) is 5. The van der Waals surface area contributed by atoms with E-state index in [1.54, 1.807) is 60.9 Å².